The van der Waals surface area contributed by atoms with E-state index in [9.17, 15) is 14.3 Å². The number of halogens is 2. The van der Waals surface area contributed by atoms with Gasteiger partial charge in [-0.15, -0.1) is 0 Å². The quantitative estimate of drug-likeness (QED) is 0.373. The number of carbonyl (C=O) groups is 1. The van der Waals surface area contributed by atoms with Gasteiger partial charge in [-0.25, -0.2) is 14.4 Å². The van der Waals surface area contributed by atoms with Gasteiger partial charge < -0.3 is 21.5 Å². The number of nitrogens with zero attached hydrogens (tertiary/aromatic N) is 5. The molecule has 10 nitrogen and oxygen atoms in total. The van der Waals surface area contributed by atoms with Gasteiger partial charge in [0.1, 0.15) is 11.3 Å². The lowest BCUT2D eigenvalue weighted by Gasteiger charge is -2.35. The number of fused-ring (bicyclic) bond motifs is 1. The predicted molar refractivity (Wildman–Crippen MR) is 137 cm³/mol. The molecule has 37 heavy (non-hydrogen) atoms. The van der Waals surface area contributed by atoms with Crippen molar-refractivity contribution in [2.45, 2.75) is 70.1 Å². The number of nitrogens with two attached hydrogens (primary N) is 1. The van der Waals surface area contributed by atoms with E-state index in [2.05, 4.69) is 20.6 Å². The lowest BCUT2D eigenvalue weighted by molar-refractivity contribution is -0.128. The van der Waals surface area contributed by atoms with E-state index in [1.165, 1.54) is 6.07 Å². The molecular formula is C25H28ClFN8O2. The molecule has 2 heterocycles. The van der Waals surface area contributed by atoms with Gasteiger partial charge in [0.2, 0.25) is 17.8 Å². The van der Waals surface area contributed by atoms with Crippen LogP contribution in [0.3, 0.4) is 0 Å². The number of anilines is 3. The van der Waals surface area contributed by atoms with Gasteiger partial charge in [0.05, 0.1) is 34.6 Å². The Morgan fingerprint density at radius 1 is 1.30 bits per heavy atom. The molecule has 0 spiro atoms. The van der Waals surface area contributed by atoms with Gasteiger partial charge in [-0.2, -0.15) is 10.2 Å². The second kappa shape index (κ2) is 9.76. The average molecular weight is 527 g/mol. The Morgan fingerprint density at radius 3 is 2.68 bits per heavy atom. The highest BCUT2D eigenvalue weighted by molar-refractivity contribution is 6.33. The van der Waals surface area contributed by atoms with E-state index in [1.54, 1.807) is 6.20 Å². The van der Waals surface area contributed by atoms with Crippen molar-refractivity contribution in [3.63, 3.8) is 0 Å². The van der Waals surface area contributed by atoms with Crippen LogP contribution < -0.4 is 16.4 Å². The molecule has 1 aromatic carbocycles. The van der Waals surface area contributed by atoms with E-state index in [4.69, 9.17) is 27.6 Å². The third-order valence-corrected chi connectivity index (χ3v) is 7.90. The molecule has 12 heteroatoms. The number of carbonyl (C=O) groups excluding carboxylic acids is 1. The molecule has 5 N–H and O–H groups in total. The molecule has 1 amide bonds. The first kappa shape index (κ1) is 25.2. The summed E-state index contributed by atoms with van der Waals surface area (Å²) in [5.74, 6) is -0.254. The Kier molecular flexibility index (Phi) is 6.64. The summed E-state index contributed by atoms with van der Waals surface area (Å²) < 4.78 is 16.8. The van der Waals surface area contributed by atoms with Crippen LogP contribution >= 0.6 is 11.6 Å². The molecule has 2 saturated carbocycles. The molecule has 5 rings (SSSR count). The van der Waals surface area contributed by atoms with E-state index in [1.807, 2.05) is 17.6 Å². The van der Waals surface area contributed by atoms with Crippen LogP contribution in [0.2, 0.25) is 5.02 Å². The SMILES string of the molecule is C[C@]1(C(N)=O)CC[C@@H](n2c(Nc3c(F)cc(C#N)cc3Cl)nc3cnc(N[C@H]4CC[C@H](O)C4)nc32)CC1. The maximum Gasteiger partial charge on any atom is 0.224 e. The number of hydrogen-bond donors (Lipinski definition) is 4. The first-order chi connectivity index (χ1) is 17.7. The first-order valence-corrected chi connectivity index (χ1v) is 12.7. The van der Waals surface area contributed by atoms with Crippen LogP contribution in [0.25, 0.3) is 11.2 Å². The molecule has 3 aromatic rings. The highest BCUT2D eigenvalue weighted by Crippen LogP contribution is 2.43. The van der Waals surface area contributed by atoms with Crippen LogP contribution in [0.1, 0.15) is 63.5 Å². The summed E-state index contributed by atoms with van der Waals surface area (Å²) in [5, 5.41) is 25.3. The molecule has 2 fully saturated rings. The van der Waals surface area contributed by atoms with Crippen LogP contribution in [0.4, 0.5) is 22.0 Å². The van der Waals surface area contributed by atoms with Crippen molar-refractivity contribution in [2.24, 2.45) is 11.1 Å². The standard InChI is InChI=1S/C25H28ClFN8O2/c1-25(22(29)37)6-4-15(5-7-25)35-21-19(12-30-23(34-21)31-14-2-3-16(36)10-14)32-24(35)33-20-17(26)8-13(11-28)9-18(20)27/h8-9,12,14-16,36H,2-7,10H2,1H3,(H2,29,37)(H,32,33)(H,30,31,34)/t14-,15-,16-,25+/m0/s1. The number of nitrogens with one attached hydrogen (secondary N) is 2. The number of aliphatic hydroxyl groups is 1. The number of benzene rings is 1. The average Bonchev–Trinajstić information content (AvgIpc) is 3.44. The van der Waals surface area contributed by atoms with Gasteiger partial charge in [0.25, 0.3) is 0 Å². The van der Waals surface area contributed by atoms with Crippen molar-refractivity contribution >= 4 is 46.3 Å². The van der Waals surface area contributed by atoms with Gasteiger partial charge in [0.15, 0.2) is 5.65 Å². The van der Waals surface area contributed by atoms with Crippen LogP contribution in [0.5, 0.6) is 0 Å². The summed E-state index contributed by atoms with van der Waals surface area (Å²) in [6.07, 6.45) is 5.90. The number of rotatable bonds is 6. The summed E-state index contributed by atoms with van der Waals surface area (Å²) in [7, 11) is 0. The smallest absolute Gasteiger partial charge is 0.224 e. The summed E-state index contributed by atoms with van der Waals surface area (Å²) in [4.78, 5) is 25.8. The summed E-state index contributed by atoms with van der Waals surface area (Å²) in [5.41, 5.74) is 6.24. The zero-order chi connectivity index (χ0) is 26.3. The van der Waals surface area contributed by atoms with Crippen molar-refractivity contribution in [2.75, 3.05) is 10.6 Å². The maximum atomic E-state index is 14.9. The molecule has 0 saturated heterocycles. The number of primary amides is 1. The molecule has 2 aliphatic rings. The second-order valence-electron chi connectivity index (χ2n) is 10.2. The maximum absolute atomic E-state index is 14.9. The van der Waals surface area contributed by atoms with Gasteiger partial charge >= 0.3 is 0 Å². The lowest BCUT2D eigenvalue weighted by Crippen LogP contribution is -2.38. The minimum atomic E-state index is -0.680. The molecule has 2 aliphatic carbocycles. The van der Waals surface area contributed by atoms with E-state index in [0.717, 1.165) is 18.9 Å². The zero-order valence-electron chi connectivity index (χ0n) is 20.3. The highest BCUT2D eigenvalue weighted by Gasteiger charge is 2.38. The van der Waals surface area contributed by atoms with Gasteiger partial charge in [0, 0.05) is 17.5 Å². The molecule has 0 unspecified atom stereocenters. The Hall–Kier alpha value is -3.49. The molecule has 0 aliphatic heterocycles. The third kappa shape index (κ3) is 4.91. The number of hydrogen-bond acceptors (Lipinski definition) is 8. The number of nitriles is 1. The van der Waals surface area contributed by atoms with Crippen molar-refractivity contribution in [3.05, 3.63) is 34.7 Å². The fraction of sp³-hybridized carbons (Fsp3) is 0.480. The number of aromatic nitrogens is 4. The normalized spacial score (nSPS) is 25.6. The van der Waals surface area contributed by atoms with E-state index in [-0.39, 0.29) is 40.4 Å². The van der Waals surface area contributed by atoms with Gasteiger partial charge in [-0.3, -0.25) is 9.36 Å². The van der Waals surface area contributed by atoms with Gasteiger partial charge in [-0.1, -0.05) is 18.5 Å². The van der Waals surface area contributed by atoms with Crippen molar-refractivity contribution in [1.29, 1.82) is 5.26 Å². The Balaban J connectivity index is 1.54. The summed E-state index contributed by atoms with van der Waals surface area (Å²) >= 11 is 6.30. The highest BCUT2D eigenvalue weighted by atomic mass is 35.5. The number of imidazole rings is 1. The molecule has 0 bridgehead atoms. The Morgan fingerprint density at radius 2 is 2.05 bits per heavy atom. The summed E-state index contributed by atoms with van der Waals surface area (Å²) in [6.45, 7) is 1.88. The first-order valence-electron chi connectivity index (χ1n) is 12.3. The topological polar surface area (TPSA) is 155 Å². The van der Waals surface area contributed by atoms with Gasteiger partial charge in [-0.05, 0) is 57.1 Å². The molecule has 194 valence electrons. The minimum absolute atomic E-state index is 0.00116. The Bertz CT molecular complexity index is 1370. The molecule has 0 radical (unpaired) electrons. The van der Waals surface area contributed by atoms with Crippen LogP contribution in [-0.4, -0.2) is 42.7 Å². The third-order valence-electron chi connectivity index (χ3n) is 7.60. The molecular weight excluding hydrogens is 499 g/mol. The molecule has 2 atom stereocenters. The summed E-state index contributed by atoms with van der Waals surface area (Å²) in [6, 6.07) is 4.36. The predicted octanol–water partition coefficient (Wildman–Crippen LogP) is 4.17. The number of amides is 1. The molecule has 2 aromatic heterocycles. The fourth-order valence-electron chi connectivity index (χ4n) is 5.28. The largest absolute Gasteiger partial charge is 0.393 e. The van der Waals surface area contributed by atoms with Crippen molar-refractivity contribution < 1.29 is 14.3 Å². The van der Waals surface area contributed by atoms with Crippen molar-refractivity contribution in [1.82, 2.24) is 19.5 Å². The van der Waals surface area contributed by atoms with E-state index in [0.29, 0.717) is 55.2 Å². The van der Waals surface area contributed by atoms with Crippen LogP contribution in [0, 0.1) is 22.6 Å². The lowest BCUT2D eigenvalue weighted by atomic mass is 9.73. The fourth-order valence-corrected chi connectivity index (χ4v) is 5.53. The second-order valence-corrected chi connectivity index (χ2v) is 10.6. The minimum Gasteiger partial charge on any atom is -0.393 e. The Labute approximate surface area is 218 Å². The zero-order valence-corrected chi connectivity index (χ0v) is 21.1. The monoisotopic (exact) mass is 526 g/mol. The van der Waals surface area contributed by atoms with Crippen LogP contribution in [0.15, 0.2) is 18.3 Å². The number of aliphatic hydroxyl groups excluding tert-OH is 1. The van der Waals surface area contributed by atoms with Crippen molar-refractivity contribution in [3.8, 4) is 6.07 Å². The van der Waals surface area contributed by atoms with E-state index < -0.39 is 11.2 Å². The van der Waals surface area contributed by atoms with E-state index >= 15 is 0 Å². The van der Waals surface area contributed by atoms with Crippen LogP contribution in [-0.2, 0) is 4.79 Å².